The van der Waals surface area contributed by atoms with Crippen molar-refractivity contribution in [1.29, 1.82) is 0 Å². The maximum absolute atomic E-state index is 12.1. The van der Waals surface area contributed by atoms with E-state index in [0.717, 1.165) is 10.9 Å². The first-order valence-corrected chi connectivity index (χ1v) is 10.9. The number of nitrogens with one attached hydrogen (secondary N) is 1. The number of pyridine rings is 1. The summed E-state index contributed by atoms with van der Waals surface area (Å²) in [5.74, 6) is 1.06. The Kier molecular flexibility index (Phi) is 7.66. The molecule has 0 fully saturated rings. The molecule has 0 saturated carbocycles. The van der Waals surface area contributed by atoms with Gasteiger partial charge in [0.2, 0.25) is 0 Å². The van der Waals surface area contributed by atoms with Gasteiger partial charge in [-0.3, -0.25) is 19.9 Å². The van der Waals surface area contributed by atoms with E-state index in [1.165, 1.54) is 25.5 Å². The molecule has 3 aromatic carbocycles. The van der Waals surface area contributed by atoms with E-state index in [2.05, 4.69) is 15.5 Å². The van der Waals surface area contributed by atoms with E-state index in [1.54, 1.807) is 42.6 Å². The van der Waals surface area contributed by atoms with E-state index in [1.807, 2.05) is 24.3 Å². The molecule has 0 aliphatic carbocycles. The molecular weight excluding hydrogens is 464 g/mol. The molecule has 0 spiro atoms. The molecule has 0 atom stereocenters. The smallest absolute Gasteiger partial charge is 0.277 e. The Hall–Kier alpha value is -4.99. The van der Waals surface area contributed by atoms with Crippen LogP contribution in [0.4, 0.5) is 5.69 Å². The second-order valence-corrected chi connectivity index (χ2v) is 7.54. The number of nitro benzene ring substituents is 1. The zero-order valence-electron chi connectivity index (χ0n) is 19.3. The number of hydrogen-bond acceptors (Lipinski definition) is 8. The largest absolute Gasteiger partial charge is 0.493 e. The first-order valence-electron chi connectivity index (χ1n) is 10.9. The quantitative estimate of drug-likeness (QED) is 0.202. The first-order chi connectivity index (χ1) is 17.5. The highest BCUT2D eigenvalue weighted by molar-refractivity contribution is 5.86. The number of rotatable bonds is 10. The fourth-order valence-corrected chi connectivity index (χ4v) is 3.31. The number of nitro groups is 1. The molecule has 1 amide bonds. The molecule has 0 radical (unpaired) electrons. The Morgan fingerprint density at radius 2 is 1.83 bits per heavy atom. The van der Waals surface area contributed by atoms with Crippen LogP contribution in [0.2, 0.25) is 0 Å². The molecule has 10 heteroatoms. The zero-order chi connectivity index (χ0) is 25.3. The number of benzene rings is 3. The average Bonchev–Trinajstić information content (AvgIpc) is 2.91. The minimum absolute atomic E-state index is 0.0178. The number of ether oxygens (including phenoxy) is 3. The Labute approximate surface area is 206 Å². The van der Waals surface area contributed by atoms with E-state index in [4.69, 9.17) is 14.2 Å². The summed E-state index contributed by atoms with van der Waals surface area (Å²) in [6.45, 7) is -0.00413. The molecule has 4 rings (SSSR count). The standard InChI is InChI=1S/C26H22N4O6/c1-34-24-14-19(9-12-22(24)35-16-18-7-10-21(11-8-18)30(32)33)15-28-29-25(31)17-36-23-6-2-4-20-5-3-13-27-26(20)23/h2-15H,16-17H2,1H3,(H,29,31)/b28-15+. The number of aromatic nitrogens is 1. The first kappa shape index (κ1) is 24.1. The van der Waals surface area contributed by atoms with Crippen LogP contribution in [-0.4, -0.2) is 35.7 Å². The number of amides is 1. The highest BCUT2D eigenvalue weighted by Crippen LogP contribution is 2.28. The minimum atomic E-state index is -0.452. The number of para-hydroxylation sites is 1. The maximum atomic E-state index is 12.1. The van der Waals surface area contributed by atoms with Gasteiger partial charge in [0.15, 0.2) is 18.1 Å². The fraction of sp³-hybridized carbons (Fsp3) is 0.115. The average molecular weight is 486 g/mol. The van der Waals surface area contributed by atoms with E-state index >= 15 is 0 Å². The predicted molar refractivity (Wildman–Crippen MR) is 133 cm³/mol. The van der Waals surface area contributed by atoms with Crippen molar-refractivity contribution in [3.05, 3.63) is 100 Å². The third-order valence-electron chi connectivity index (χ3n) is 5.09. The van der Waals surface area contributed by atoms with Crippen LogP contribution in [-0.2, 0) is 11.4 Å². The van der Waals surface area contributed by atoms with Crippen LogP contribution in [0.3, 0.4) is 0 Å². The summed E-state index contributed by atoms with van der Waals surface area (Å²) >= 11 is 0. The third-order valence-corrected chi connectivity index (χ3v) is 5.09. The molecule has 1 N–H and O–H groups in total. The van der Waals surface area contributed by atoms with Crippen molar-refractivity contribution < 1.29 is 23.9 Å². The molecule has 0 aliphatic rings. The van der Waals surface area contributed by atoms with Crippen molar-refractivity contribution in [1.82, 2.24) is 10.4 Å². The normalized spacial score (nSPS) is 10.8. The summed E-state index contributed by atoms with van der Waals surface area (Å²) in [5, 5.41) is 15.7. The van der Waals surface area contributed by atoms with Gasteiger partial charge in [-0.2, -0.15) is 5.10 Å². The van der Waals surface area contributed by atoms with Crippen molar-refractivity contribution >= 4 is 28.7 Å². The molecule has 36 heavy (non-hydrogen) atoms. The van der Waals surface area contributed by atoms with Gasteiger partial charge in [0.05, 0.1) is 18.2 Å². The van der Waals surface area contributed by atoms with Gasteiger partial charge in [0.25, 0.3) is 11.6 Å². The summed E-state index contributed by atoms with van der Waals surface area (Å²) in [7, 11) is 1.51. The van der Waals surface area contributed by atoms with Gasteiger partial charge in [-0.25, -0.2) is 5.43 Å². The van der Waals surface area contributed by atoms with Gasteiger partial charge in [-0.1, -0.05) is 18.2 Å². The molecule has 1 heterocycles. The maximum Gasteiger partial charge on any atom is 0.277 e. The zero-order valence-corrected chi connectivity index (χ0v) is 19.3. The Balaban J connectivity index is 1.30. The minimum Gasteiger partial charge on any atom is -0.493 e. The van der Waals surface area contributed by atoms with E-state index < -0.39 is 10.8 Å². The lowest BCUT2D eigenvalue weighted by Crippen LogP contribution is -2.24. The van der Waals surface area contributed by atoms with Crippen LogP contribution in [0.1, 0.15) is 11.1 Å². The van der Waals surface area contributed by atoms with Gasteiger partial charge in [-0.15, -0.1) is 0 Å². The highest BCUT2D eigenvalue weighted by Gasteiger charge is 2.09. The fourth-order valence-electron chi connectivity index (χ4n) is 3.31. The lowest BCUT2D eigenvalue weighted by atomic mass is 10.2. The van der Waals surface area contributed by atoms with Crippen LogP contribution in [0.25, 0.3) is 10.9 Å². The monoisotopic (exact) mass is 486 g/mol. The summed E-state index contributed by atoms with van der Waals surface area (Å²) < 4.78 is 16.8. The van der Waals surface area contributed by atoms with Crippen molar-refractivity contribution in [2.75, 3.05) is 13.7 Å². The Morgan fingerprint density at radius 1 is 1.03 bits per heavy atom. The second-order valence-electron chi connectivity index (χ2n) is 7.54. The summed E-state index contributed by atoms with van der Waals surface area (Å²) in [6.07, 6.45) is 3.14. The molecule has 4 aromatic rings. The number of carbonyl (C=O) groups excluding carboxylic acids is 1. The SMILES string of the molecule is COc1cc(/C=N/NC(=O)COc2cccc3cccnc23)ccc1OCc1ccc([N+](=O)[O-])cc1. The molecule has 1 aromatic heterocycles. The number of non-ortho nitro benzene ring substituents is 1. The van der Waals surface area contributed by atoms with Gasteiger partial charge in [-0.05, 0) is 53.6 Å². The number of hydrazone groups is 1. The number of hydrogen-bond donors (Lipinski definition) is 1. The van der Waals surface area contributed by atoms with Crippen LogP contribution in [0, 0.1) is 10.1 Å². The van der Waals surface area contributed by atoms with Crippen LogP contribution in [0.5, 0.6) is 17.2 Å². The number of methoxy groups -OCH3 is 1. The van der Waals surface area contributed by atoms with Gasteiger partial charge < -0.3 is 14.2 Å². The molecule has 10 nitrogen and oxygen atoms in total. The van der Waals surface area contributed by atoms with Gasteiger partial charge >= 0.3 is 0 Å². The van der Waals surface area contributed by atoms with Crippen molar-refractivity contribution in [2.24, 2.45) is 5.10 Å². The predicted octanol–water partition coefficient (Wildman–Crippen LogP) is 4.26. The number of carbonyl (C=O) groups is 1. The molecule has 0 unspecified atom stereocenters. The van der Waals surface area contributed by atoms with Crippen molar-refractivity contribution in [2.45, 2.75) is 6.61 Å². The second kappa shape index (κ2) is 11.4. The van der Waals surface area contributed by atoms with Gasteiger partial charge in [0.1, 0.15) is 17.9 Å². The highest BCUT2D eigenvalue weighted by atomic mass is 16.6. The summed E-state index contributed by atoms with van der Waals surface area (Å²) in [6, 6.07) is 20.5. The van der Waals surface area contributed by atoms with Crippen LogP contribution < -0.4 is 19.6 Å². The van der Waals surface area contributed by atoms with Crippen molar-refractivity contribution in [3.63, 3.8) is 0 Å². The number of fused-ring (bicyclic) bond motifs is 1. The number of nitrogens with zero attached hydrogens (tertiary/aromatic N) is 3. The molecule has 182 valence electrons. The summed E-state index contributed by atoms with van der Waals surface area (Å²) in [4.78, 5) is 26.8. The lowest BCUT2D eigenvalue weighted by molar-refractivity contribution is -0.384. The molecular formula is C26H22N4O6. The Bertz CT molecular complexity index is 1400. The molecule has 0 bridgehead atoms. The molecule has 0 aliphatic heterocycles. The van der Waals surface area contributed by atoms with Gasteiger partial charge in [0, 0.05) is 23.7 Å². The third kappa shape index (κ3) is 6.11. The van der Waals surface area contributed by atoms with Crippen molar-refractivity contribution in [3.8, 4) is 17.2 Å². The lowest BCUT2D eigenvalue weighted by Gasteiger charge is -2.11. The molecule has 0 saturated heterocycles. The van der Waals surface area contributed by atoms with E-state index in [-0.39, 0.29) is 18.9 Å². The van der Waals surface area contributed by atoms with E-state index in [0.29, 0.717) is 28.3 Å². The topological polar surface area (TPSA) is 125 Å². The Morgan fingerprint density at radius 3 is 2.61 bits per heavy atom. The van der Waals surface area contributed by atoms with Crippen LogP contribution >= 0.6 is 0 Å². The summed E-state index contributed by atoms with van der Waals surface area (Å²) in [5.41, 5.74) is 4.57. The van der Waals surface area contributed by atoms with Crippen LogP contribution in [0.15, 0.2) is 84.1 Å². The van der Waals surface area contributed by atoms with E-state index in [9.17, 15) is 14.9 Å².